The second-order valence-corrected chi connectivity index (χ2v) is 4.06. The molecule has 1 aromatic rings. The van der Waals surface area contributed by atoms with E-state index in [1.807, 2.05) is 24.3 Å². The molecular formula is C14H21NO3. The van der Waals surface area contributed by atoms with E-state index >= 15 is 0 Å². The van der Waals surface area contributed by atoms with Gasteiger partial charge in [-0.25, -0.2) is 0 Å². The summed E-state index contributed by atoms with van der Waals surface area (Å²) in [6, 6.07) is 7.58. The SMILES string of the molecule is CCc1ccc(C(=O)N(CCO)CCOC)cc1. The summed E-state index contributed by atoms with van der Waals surface area (Å²) in [5.41, 5.74) is 1.86. The lowest BCUT2D eigenvalue weighted by atomic mass is 10.1. The van der Waals surface area contributed by atoms with Crippen LogP contribution in [0.3, 0.4) is 0 Å². The summed E-state index contributed by atoms with van der Waals surface area (Å²) in [6.07, 6.45) is 0.957. The molecule has 1 rings (SSSR count). The molecule has 0 radical (unpaired) electrons. The maximum absolute atomic E-state index is 12.2. The Balaban J connectivity index is 2.73. The summed E-state index contributed by atoms with van der Waals surface area (Å²) < 4.78 is 4.97. The van der Waals surface area contributed by atoms with Crippen LogP contribution in [0.1, 0.15) is 22.8 Å². The van der Waals surface area contributed by atoms with E-state index in [1.165, 1.54) is 5.56 Å². The normalized spacial score (nSPS) is 10.4. The summed E-state index contributed by atoms with van der Waals surface area (Å²) in [6.45, 7) is 3.33. The van der Waals surface area contributed by atoms with Crippen molar-refractivity contribution in [1.29, 1.82) is 0 Å². The van der Waals surface area contributed by atoms with Crippen LogP contribution in [0.25, 0.3) is 0 Å². The van der Waals surface area contributed by atoms with Crippen molar-refractivity contribution in [2.45, 2.75) is 13.3 Å². The topological polar surface area (TPSA) is 49.8 Å². The maximum Gasteiger partial charge on any atom is 0.254 e. The number of ether oxygens (including phenoxy) is 1. The number of hydrogen-bond acceptors (Lipinski definition) is 3. The molecule has 0 fully saturated rings. The number of methoxy groups -OCH3 is 1. The summed E-state index contributed by atoms with van der Waals surface area (Å²) in [5.74, 6) is -0.0660. The van der Waals surface area contributed by atoms with E-state index in [9.17, 15) is 4.79 Å². The largest absolute Gasteiger partial charge is 0.395 e. The molecule has 0 unspecified atom stereocenters. The molecule has 1 N–H and O–H groups in total. The van der Waals surface area contributed by atoms with E-state index in [4.69, 9.17) is 9.84 Å². The molecule has 4 heteroatoms. The van der Waals surface area contributed by atoms with Crippen molar-refractivity contribution in [2.75, 3.05) is 33.4 Å². The third kappa shape index (κ3) is 4.13. The molecule has 0 aromatic heterocycles. The highest BCUT2D eigenvalue weighted by Gasteiger charge is 2.14. The van der Waals surface area contributed by atoms with Crippen molar-refractivity contribution >= 4 is 5.91 Å². The van der Waals surface area contributed by atoms with Gasteiger partial charge in [0.05, 0.1) is 13.2 Å². The first-order valence-electron chi connectivity index (χ1n) is 6.21. The van der Waals surface area contributed by atoms with Crippen molar-refractivity contribution in [3.05, 3.63) is 35.4 Å². The minimum absolute atomic E-state index is 0.0392. The minimum Gasteiger partial charge on any atom is -0.395 e. The molecule has 0 bridgehead atoms. The van der Waals surface area contributed by atoms with Crippen LogP contribution in [0.15, 0.2) is 24.3 Å². The average Bonchev–Trinajstić information content (AvgIpc) is 2.43. The van der Waals surface area contributed by atoms with Crippen molar-refractivity contribution in [1.82, 2.24) is 4.90 Å². The van der Waals surface area contributed by atoms with Crippen LogP contribution >= 0.6 is 0 Å². The Morgan fingerprint density at radius 1 is 1.28 bits per heavy atom. The molecule has 1 aromatic carbocycles. The second kappa shape index (κ2) is 7.84. The van der Waals surface area contributed by atoms with Crippen LogP contribution in [0, 0.1) is 0 Å². The van der Waals surface area contributed by atoms with Crippen LogP contribution in [0.4, 0.5) is 0 Å². The Morgan fingerprint density at radius 2 is 1.94 bits per heavy atom. The number of aliphatic hydroxyl groups excluding tert-OH is 1. The molecule has 4 nitrogen and oxygen atoms in total. The third-order valence-electron chi connectivity index (χ3n) is 2.83. The predicted molar refractivity (Wildman–Crippen MR) is 70.7 cm³/mol. The molecule has 100 valence electrons. The van der Waals surface area contributed by atoms with Crippen LogP contribution in [-0.2, 0) is 11.2 Å². The van der Waals surface area contributed by atoms with Gasteiger partial charge in [0.15, 0.2) is 0 Å². The summed E-state index contributed by atoms with van der Waals surface area (Å²) in [4.78, 5) is 13.8. The molecular weight excluding hydrogens is 230 g/mol. The zero-order valence-electron chi connectivity index (χ0n) is 11.1. The predicted octanol–water partition coefficient (Wildman–Crippen LogP) is 1.33. The first-order chi connectivity index (χ1) is 8.72. The van der Waals surface area contributed by atoms with Gasteiger partial charge in [0, 0.05) is 25.8 Å². The maximum atomic E-state index is 12.2. The van der Waals surface area contributed by atoms with Gasteiger partial charge in [0.2, 0.25) is 0 Å². The highest BCUT2D eigenvalue weighted by molar-refractivity contribution is 5.94. The molecule has 0 spiro atoms. The van der Waals surface area contributed by atoms with E-state index in [-0.39, 0.29) is 12.5 Å². The molecule has 0 aliphatic carbocycles. The fraction of sp³-hybridized carbons (Fsp3) is 0.500. The number of aryl methyl sites for hydroxylation is 1. The van der Waals surface area contributed by atoms with E-state index in [0.717, 1.165) is 6.42 Å². The third-order valence-corrected chi connectivity index (χ3v) is 2.83. The van der Waals surface area contributed by atoms with Gasteiger partial charge >= 0.3 is 0 Å². The number of benzene rings is 1. The molecule has 0 saturated carbocycles. The molecule has 1 amide bonds. The fourth-order valence-electron chi connectivity index (χ4n) is 1.70. The van der Waals surface area contributed by atoms with Crippen LogP contribution in [-0.4, -0.2) is 49.3 Å². The lowest BCUT2D eigenvalue weighted by Crippen LogP contribution is -2.36. The minimum atomic E-state index is -0.0660. The Hall–Kier alpha value is -1.39. The molecule has 0 aliphatic rings. The van der Waals surface area contributed by atoms with Gasteiger partial charge in [0.25, 0.3) is 5.91 Å². The molecule has 0 aliphatic heterocycles. The zero-order valence-corrected chi connectivity index (χ0v) is 11.1. The van der Waals surface area contributed by atoms with Gasteiger partial charge in [-0.2, -0.15) is 0 Å². The Bertz CT molecular complexity index is 362. The van der Waals surface area contributed by atoms with E-state index in [1.54, 1.807) is 12.0 Å². The van der Waals surface area contributed by atoms with Crippen LogP contribution in [0.5, 0.6) is 0 Å². The standard InChI is InChI=1S/C14H21NO3/c1-3-12-4-6-13(7-5-12)14(17)15(8-10-16)9-11-18-2/h4-7,16H,3,8-11H2,1-2H3. The molecule has 0 heterocycles. The smallest absolute Gasteiger partial charge is 0.254 e. The fourth-order valence-corrected chi connectivity index (χ4v) is 1.70. The van der Waals surface area contributed by atoms with Crippen molar-refractivity contribution in [3.63, 3.8) is 0 Å². The quantitative estimate of drug-likeness (QED) is 0.795. The number of nitrogens with zero attached hydrogens (tertiary/aromatic N) is 1. The Kier molecular flexibility index (Phi) is 6.39. The van der Waals surface area contributed by atoms with Crippen LogP contribution < -0.4 is 0 Å². The lowest BCUT2D eigenvalue weighted by Gasteiger charge is -2.21. The Labute approximate surface area is 108 Å². The second-order valence-electron chi connectivity index (χ2n) is 4.06. The van der Waals surface area contributed by atoms with Crippen molar-refractivity contribution in [2.24, 2.45) is 0 Å². The van der Waals surface area contributed by atoms with Crippen molar-refractivity contribution in [3.8, 4) is 0 Å². The van der Waals surface area contributed by atoms with Crippen LogP contribution in [0.2, 0.25) is 0 Å². The molecule has 0 atom stereocenters. The first-order valence-corrected chi connectivity index (χ1v) is 6.21. The number of carbonyl (C=O) groups excluding carboxylic acids is 1. The highest BCUT2D eigenvalue weighted by Crippen LogP contribution is 2.08. The number of carbonyl (C=O) groups is 1. The van der Waals surface area contributed by atoms with Gasteiger partial charge in [-0.15, -0.1) is 0 Å². The lowest BCUT2D eigenvalue weighted by molar-refractivity contribution is 0.0656. The number of hydrogen-bond donors (Lipinski definition) is 1. The number of rotatable bonds is 7. The summed E-state index contributed by atoms with van der Waals surface area (Å²) in [7, 11) is 1.59. The summed E-state index contributed by atoms with van der Waals surface area (Å²) in [5, 5.41) is 8.98. The van der Waals surface area contributed by atoms with Gasteiger partial charge in [-0.05, 0) is 24.1 Å². The number of amides is 1. The van der Waals surface area contributed by atoms with Gasteiger partial charge in [-0.3, -0.25) is 4.79 Å². The van der Waals surface area contributed by atoms with Gasteiger partial charge in [-0.1, -0.05) is 19.1 Å². The van der Waals surface area contributed by atoms with Gasteiger partial charge in [0.1, 0.15) is 0 Å². The van der Waals surface area contributed by atoms with Crippen molar-refractivity contribution < 1.29 is 14.6 Å². The average molecular weight is 251 g/mol. The summed E-state index contributed by atoms with van der Waals surface area (Å²) >= 11 is 0. The number of aliphatic hydroxyl groups is 1. The zero-order chi connectivity index (χ0) is 13.4. The Morgan fingerprint density at radius 3 is 2.44 bits per heavy atom. The highest BCUT2D eigenvalue weighted by atomic mass is 16.5. The molecule has 18 heavy (non-hydrogen) atoms. The van der Waals surface area contributed by atoms with E-state index in [2.05, 4.69) is 6.92 Å². The van der Waals surface area contributed by atoms with E-state index in [0.29, 0.717) is 25.3 Å². The van der Waals surface area contributed by atoms with Gasteiger partial charge < -0.3 is 14.7 Å². The monoisotopic (exact) mass is 251 g/mol. The van der Waals surface area contributed by atoms with E-state index < -0.39 is 0 Å². The first kappa shape index (κ1) is 14.7. The molecule has 0 saturated heterocycles.